The number of anilines is 1. The highest BCUT2D eigenvalue weighted by Gasteiger charge is 2.14. The second-order valence-corrected chi connectivity index (χ2v) is 8.28. The van der Waals surface area contributed by atoms with Crippen LogP contribution in [0.4, 0.5) is 5.69 Å². The lowest BCUT2D eigenvalue weighted by atomic mass is 10.2. The zero-order valence-electron chi connectivity index (χ0n) is 16.2. The van der Waals surface area contributed by atoms with Crippen LogP contribution in [-0.2, 0) is 10.0 Å². The zero-order chi connectivity index (χ0) is 21.8. The van der Waals surface area contributed by atoms with Crippen molar-refractivity contribution in [1.29, 1.82) is 0 Å². The summed E-state index contributed by atoms with van der Waals surface area (Å²) in [5.41, 5.74) is 2.60. The normalized spacial score (nSPS) is 11.2. The quantitative estimate of drug-likeness (QED) is 0.457. The van der Waals surface area contributed by atoms with Crippen molar-refractivity contribution in [2.75, 3.05) is 11.9 Å². The molecule has 0 bridgehead atoms. The standard InChI is InChI=1S/C22H17N5O3S/c1-2-13-25-31(29,30)18-10-7-16(8-11-18)22(28)26-17-9-12-21(23-14-17)27-15-24-19-5-3-4-6-20(19)27/h1,3-12,14-15,25H,13H2,(H,26,28). The summed E-state index contributed by atoms with van der Waals surface area (Å²) in [6.45, 7) is -0.109. The minimum absolute atomic E-state index is 0.0258. The minimum atomic E-state index is -3.71. The van der Waals surface area contributed by atoms with Gasteiger partial charge in [0.25, 0.3) is 5.91 Å². The minimum Gasteiger partial charge on any atom is -0.321 e. The largest absolute Gasteiger partial charge is 0.321 e. The Morgan fingerprint density at radius 1 is 1.03 bits per heavy atom. The number of para-hydroxylation sites is 2. The van der Waals surface area contributed by atoms with Gasteiger partial charge in [-0.25, -0.2) is 18.4 Å². The lowest BCUT2D eigenvalue weighted by Gasteiger charge is -2.08. The van der Waals surface area contributed by atoms with Crippen molar-refractivity contribution in [2.45, 2.75) is 4.90 Å². The van der Waals surface area contributed by atoms with E-state index in [9.17, 15) is 13.2 Å². The summed E-state index contributed by atoms with van der Waals surface area (Å²) in [6, 6.07) is 16.8. The third-order valence-electron chi connectivity index (χ3n) is 4.50. The van der Waals surface area contributed by atoms with Gasteiger partial charge in [0.1, 0.15) is 12.1 Å². The van der Waals surface area contributed by atoms with Gasteiger partial charge in [0, 0.05) is 5.56 Å². The summed E-state index contributed by atoms with van der Waals surface area (Å²) >= 11 is 0. The fourth-order valence-corrected chi connectivity index (χ4v) is 3.89. The lowest BCUT2D eigenvalue weighted by Crippen LogP contribution is -2.24. The average Bonchev–Trinajstić information content (AvgIpc) is 3.22. The predicted molar refractivity (Wildman–Crippen MR) is 117 cm³/mol. The number of carbonyl (C=O) groups is 1. The van der Waals surface area contributed by atoms with Gasteiger partial charge < -0.3 is 5.32 Å². The molecule has 2 heterocycles. The van der Waals surface area contributed by atoms with Gasteiger partial charge in [-0.3, -0.25) is 9.36 Å². The molecule has 1 amide bonds. The molecule has 2 N–H and O–H groups in total. The Labute approximate surface area is 179 Å². The number of imidazole rings is 1. The predicted octanol–water partition coefficient (Wildman–Crippen LogP) is 2.58. The van der Waals surface area contributed by atoms with E-state index in [1.54, 1.807) is 24.7 Å². The molecule has 0 aliphatic heterocycles. The fraction of sp³-hybridized carbons (Fsp3) is 0.0455. The van der Waals surface area contributed by atoms with E-state index in [4.69, 9.17) is 6.42 Å². The van der Waals surface area contributed by atoms with E-state index in [0.29, 0.717) is 17.1 Å². The van der Waals surface area contributed by atoms with E-state index < -0.39 is 10.0 Å². The van der Waals surface area contributed by atoms with Crippen LogP contribution in [0.15, 0.2) is 78.1 Å². The van der Waals surface area contributed by atoms with E-state index >= 15 is 0 Å². The molecular formula is C22H17N5O3S. The van der Waals surface area contributed by atoms with Gasteiger partial charge >= 0.3 is 0 Å². The number of terminal acetylenes is 1. The van der Waals surface area contributed by atoms with E-state index in [1.807, 2.05) is 28.8 Å². The van der Waals surface area contributed by atoms with Crippen molar-refractivity contribution in [3.8, 4) is 18.2 Å². The van der Waals surface area contributed by atoms with Crippen LogP contribution >= 0.6 is 0 Å². The van der Waals surface area contributed by atoms with E-state index in [1.165, 1.54) is 24.3 Å². The van der Waals surface area contributed by atoms with E-state index in [-0.39, 0.29) is 17.3 Å². The van der Waals surface area contributed by atoms with Crippen molar-refractivity contribution in [2.24, 2.45) is 0 Å². The number of fused-ring (bicyclic) bond motifs is 1. The third kappa shape index (κ3) is 4.30. The molecule has 4 aromatic rings. The molecule has 0 aliphatic rings. The van der Waals surface area contributed by atoms with Gasteiger partial charge in [0.2, 0.25) is 10.0 Å². The smallest absolute Gasteiger partial charge is 0.255 e. The van der Waals surface area contributed by atoms with Gasteiger partial charge in [-0.1, -0.05) is 18.1 Å². The van der Waals surface area contributed by atoms with Crippen LogP contribution in [0.5, 0.6) is 0 Å². The van der Waals surface area contributed by atoms with Crippen molar-refractivity contribution in [1.82, 2.24) is 19.3 Å². The number of hydrogen-bond acceptors (Lipinski definition) is 5. The molecule has 0 fully saturated rings. The fourth-order valence-electron chi connectivity index (χ4n) is 2.95. The molecule has 4 rings (SSSR count). The maximum Gasteiger partial charge on any atom is 0.255 e. The molecule has 0 aliphatic carbocycles. The summed E-state index contributed by atoms with van der Waals surface area (Å²) in [7, 11) is -3.71. The van der Waals surface area contributed by atoms with E-state index in [0.717, 1.165) is 11.0 Å². The number of amides is 1. The van der Waals surface area contributed by atoms with Gasteiger partial charge in [0.15, 0.2) is 0 Å². The maximum atomic E-state index is 12.5. The Morgan fingerprint density at radius 3 is 2.52 bits per heavy atom. The Morgan fingerprint density at radius 2 is 1.81 bits per heavy atom. The molecule has 0 unspecified atom stereocenters. The number of aromatic nitrogens is 3. The molecule has 31 heavy (non-hydrogen) atoms. The van der Waals surface area contributed by atoms with Crippen molar-refractivity contribution >= 4 is 32.7 Å². The Balaban J connectivity index is 1.47. The topological polar surface area (TPSA) is 106 Å². The first kappa shape index (κ1) is 20.3. The van der Waals surface area contributed by atoms with Gasteiger partial charge in [-0.15, -0.1) is 6.42 Å². The molecular weight excluding hydrogens is 414 g/mol. The van der Waals surface area contributed by atoms with Crippen molar-refractivity contribution in [3.63, 3.8) is 0 Å². The van der Waals surface area contributed by atoms with Crippen molar-refractivity contribution in [3.05, 3.63) is 78.8 Å². The second kappa shape index (κ2) is 8.39. The SMILES string of the molecule is C#CCNS(=O)(=O)c1ccc(C(=O)Nc2ccc(-n3cnc4ccccc43)nc2)cc1. The van der Waals surface area contributed by atoms with Gasteiger partial charge in [0.05, 0.1) is 34.4 Å². The first-order valence-electron chi connectivity index (χ1n) is 9.21. The molecule has 2 aromatic heterocycles. The molecule has 0 atom stereocenters. The molecule has 9 heteroatoms. The van der Waals surface area contributed by atoms with Crippen LogP contribution in [-0.4, -0.2) is 35.4 Å². The Kier molecular flexibility index (Phi) is 5.49. The molecule has 0 saturated heterocycles. The average molecular weight is 431 g/mol. The van der Waals surface area contributed by atoms with Gasteiger partial charge in [-0.2, -0.15) is 4.72 Å². The Bertz CT molecular complexity index is 1390. The molecule has 0 saturated carbocycles. The first-order valence-corrected chi connectivity index (χ1v) is 10.7. The van der Waals surface area contributed by atoms with Crippen LogP contribution < -0.4 is 10.0 Å². The lowest BCUT2D eigenvalue weighted by molar-refractivity contribution is 0.102. The number of benzene rings is 2. The monoisotopic (exact) mass is 431 g/mol. The third-order valence-corrected chi connectivity index (χ3v) is 5.91. The molecule has 8 nitrogen and oxygen atoms in total. The number of carbonyl (C=O) groups excluding carboxylic acids is 1. The molecule has 0 radical (unpaired) electrons. The number of rotatable bonds is 6. The zero-order valence-corrected chi connectivity index (χ0v) is 17.0. The number of sulfonamides is 1. The second-order valence-electron chi connectivity index (χ2n) is 6.52. The maximum absolute atomic E-state index is 12.5. The summed E-state index contributed by atoms with van der Waals surface area (Å²) in [6.07, 6.45) is 8.31. The number of hydrogen-bond donors (Lipinski definition) is 2. The van der Waals surface area contributed by atoms with Crippen LogP contribution in [0, 0.1) is 12.3 Å². The number of nitrogens with zero attached hydrogens (tertiary/aromatic N) is 3. The highest BCUT2D eigenvalue weighted by molar-refractivity contribution is 7.89. The van der Waals surface area contributed by atoms with Crippen LogP contribution in [0.1, 0.15) is 10.4 Å². The highest BCUT2D eigenvalue weighted by atomic mass is 32.2. The van der Waals surface area contributed by atoms with Crippen LogP contribution in [0.25, 0.3) is 16.9 Å². The molecule has 2 aromatic carbocycles. The summed E-state index contributed by atoms with van der Waals surface area (Å²) < 4.78 is 28.2. The molecule has 0 spiro atoms. The van der Waals surface area contributed by atoms with E-state index in [2.05, 4.69) is 25.9 Å². The summed E-state index contributed by atoms with van der Waals surface area (Å²) in [5, 5.41) is 2.74. The summed E-state index contributed by atoms with van der Waals surface area (Å²) in [5.74, 6) is 2.49. The van der Waals surface area contributed by atoms with Crippen LogP contribution in [0.2, 0.25) is 0 Å². The van der Waals surface area contributed by atoms with Crippen LogP contribution in [0.3, 0.4) is 0 Å². The highest BCUT2D eigenvalue weighted by Crippen LogP contribution is 2.18. The first-order chi connectivity index (χ1) is 15.0. The Hall–Kier alpha value is -4.00. The van der Waals surface area contributed by atoms with Crippen molar-refractivity contribution < 1.29 is 13.2 Å². The number of pyridine rings is 1. The summed E-state index contributed by atoms with van der Waals surface area (Å²) in [4.78, 5) is 21.3. The van der Waals surface area contributed by atoms with Gasteiger partial charge in [-0.05, 0) is 48.5 Å². The number of nitrogens with one attached hydrogen (secondary N) is 2. The molecule has 154 valence electrons.